The second kappa shape index (κ2) is 7.15. The number of ether oxygens (including phenoxy) is 1. The average molecular weight is 368 g/mol. The number of amides is 2. The molecule has 142 valence electrons. The molecule has 2 fully saturated rings. The van der Waals surface area contributed by atoms with Crippen LogP contribution in [-0.4, -0.2) is 52.8 Å². The molecule has 2 aliphatic rings. The van der Waals surface area contributed by atoms with Gasteiger partial charge in [-0.15, -0.1) is 0 Å². The Morgan fingerprint density at radius 3 is 2.59 bits per heavy atom. The molecule has 3 heterocycles. The van der Waals surface area contributed by atoms with E-state index in [2.05, 4.69) is 5.10 Å². The van der Waals surface area contributed by atoms with Crippen molar-refractivity contribution in [2.45, 2.75) is 30.7 Å². The lowest BCUT2D eigenvalue weighted by molar-refractivity contribution is -0.140. The fourth-order valence-electron chi connectivity index (χ4n) is 4.21. The van der Waals surface area contributed by atoms with Crippen LogP contribution in [-0.2, 0) is 14.9 Å². The van der Waals surface area contributed by atoms with Gasteiger partial charge < -0.3 is 15.4 Å². The van der Waals surface area contributed by atoms with Crippen LogP contribution in [0.5, 0.6) is 0 Å². The van der Waals surface area contributed by atoms with Gasteiger partial charge >= 0.3 is 0 Å². The molecule has 2 amide bonds. The van der Waals surface area contributed by atoms with Crippen molar-refractivity contribution in [2.24, 2.45) is 5.73 Å². The van der Waals surface area contributed by atoms with Gasteiger partial charge in [0, 0.05) is 32.5 Å². The molecule has 0 radical (unpaired) electrons. The maximum Gasteiger partial charge on any atom is 0.251 e. The van der Waals surface area contributed by atoms with E-state index in [0.29, 0.717) is 44.7 Å². The number of benzene rings is 1. The van der Waals surface area contributed by atoms with Crippen molar-refractivity contribution in [3.63, 3.8) is 0 Å². The molecule has 7 heteroatoms. The molecular formula is C20H24N4O3. The van der Waals surface area contributed by atoms with Gasteiger partial charge in [0.15, 0.2) is 0 Å². The zero-order chi connectivity index (χ0) is 18.9. The largest absolute Gasteiger partial charge is 0.381 e. The van der Waals surface area contributed by atoms with E-state index in [1.54, 1.807) is 10.9 Å². The summed E-state index contributed by atoms with van der Waals surface area (Å²) in [5.74, 6) is -0.320. The van der Waals surface area contributed by atoms with Gasteiger partial charge in [0.05, 0.1) is 23.2 Å². The summed E-state index contributed by atoms with van der Waals surface area (Å²) in [5, 5.41) is 4.26. The molecule has 7 nitrogen and oxygen atoms in total. The minimum Gasteiger partial charge on any atom is -0.381 e. The molecule has 2 aromatic rings. The minimum atomic E-state index is -0.517. The highest BCUT2D eigenvalue weighted by molar-refractivity contribution is 5.92. The Hall–Kier alpha value is -2.67. The molecule has 1 atom stereocenters. The number of aromatic nitrogens is 2. The second-order valence-electron chi connectivity index (χ2n) is 7.33. The molecule has 0 spiro atoms. The molecule has 1 aromatic heterocycles. The van der Waals surface area contributed by atoms with Crippen LogP contribution in [0.4, 0.5) is 0 Å². The molecule has 27 heavy (non-hydrogen) atoms. The summed E-state index contributed by atoms with van der Waals surface area (Å²) < 4.78 is 7.30. The summed E-state index contributed by atoms with van der Waals surface area (Å²) >= 11 is 0. The van der Waals surface area contributed by atoms with Gasteiger partial charge in [-0.25, -0.2) is 0 Å². The predicted octanol–water partition coefficient (Wildman–Crippen LogP) is 1.50. The molecule has 0 saturated carbocycles. The van der Waals surface area contributed by atoms with Crippen LogP contribution in [0.3, 0.4) is 0 Å². The highest BCUT2D eigenvalue weighted by atomic mass is 16.5. The molecule has 2 aliphatic heterocycles. The summed E-state index contributed by atoms with van der Waals surface area (Å²) in [5.41, 5.74) is 6.25. The van der Waals surface area contributed by atoms with Crippen LogP contribution in [0.25, 0.3) is 0 Å². The van der Waals surface area contributed by atoms with E-state index in [9.17, 15) is 9.59 Å². The fraction of sp³-hybridized carbons (Fsp3) is 0.450. The lowest BCUT2D eigenvalue weighted by atomic mass is 9.73. The van der Waals surface area contributed by atoms with Gasteiger partial charge in [-0.1, -0.05) is 30.3 Å². The summed E-state index contributed by atoms with van der Waals surface area (Å²) in [7, 11) is 0. The van der Waals surface area contributed by atoms with Gasteiger partial charge in [-0.05, 0) is 24.8 Å². The van der Waals surface area contributed by atoms with Gasteiger partial charge in [-0.2, -0.15) is 5.10 Å². The first-order valence-electron chi connectivity index (χ1n) is 9.37. The third-order valence-corrected chi connectivity index (χ3v) is 5.79. The molecule has 2 saturated heterocycles. The quantitative estimate of drug-likeness (QED) is 0.886. The predicted molar refractivity (Wildman–Crippen MR) is 99.2 cm³/mol. The molecule has 0 bridgehead atoms. The zero-order valence-corrected chi connectivity index (χ0v) is 15.2. The number of carbonyl (C=O) groups excluding carboxylic acids is 2. The zero-order valence-electron chi connectivity index (χ0n) is 15.2. The minimum absolute atomic E-state index is 0.0645. The maximum atomic E-state index is 13.6. The lowest BCUT2D eigenvalue weighted by Crippen LogP contribution is -2.49. The monoisotopic (exact) mass is 368 g/mol. The Labute approximate surface area is 158 Å². The molecule has 0 aliphatic carbocycles. The van der Waals surface area contributed by atoms with Crippen molar-refractivity contribution in [1.29, 1.82) is 0 Å². The Morgan fingerprint density at radius 2 is 1.93 bits per heavy atom. The first-order valence-corrected chi connectivity index (χ1v) is 9.37. The Balaban J connectivity index is 1.55. The molecule has 4 rings (SSSR count). The SMILES string of the molecule is NC(=O)c1cnn(C2CCN(C(=O)C3(c4ccccc4)CCOCC3)C2)c1. The van der Waals surface area contributed by atoms with E-state index < -0.39 is 11.3 Å². The number of nitrogens with two attached hydrogens (primary N) is 1. The number of primary amides is 1. The first-order chi connectivity index (χ1) is 13.1. The first kappa shape index (κ1) is 17.7. The normalized spacial score (nSPS) is 21.9. The lowest BCUT2D eigenvalue weighted by Gasteiger charge is -2.39. The van der Waals surface area contributed by atoms with E-state index in [1.807, 2.05) is 35.2 Å². The highest BCUT2D eigenvalue weighted by Gasteiger charge is 2.45. The maximum absolute atomic E-state index is 13.6. The third kappa shape index (κ3) is 3.23. The van der Waals surface area contributed by atoms with E-state index in [4.69, 9.17) is 10.5 Å². The fourth-order valence-corrected chi connectivity index (χ4v) is 4.21. The summed E-state index contributed by atoms with van der Waals surface area (Å²) in [6.45, 7) is 2.47. The molecule has 1 unspecified atom stereocenters. The van der Waals surface area contributed by atoms with Crippen molar-refractivity contribution < 1.29 is 14.3 Å². The van der Waals surface area contributed by atoms with Gasteiger partial charge in [0.25, 0.3) is 5.91 Å². The van der Waals surface area contributed by atoms with E-state index in [0.717, 1.165) is 12.0 Å². The second-order valence-corrected chi connectivity index (χ2v) is 7.33. The Morgan fingerprint density at radius 1 is 1.19 bits per heavy atom. The van der Waals surface area contributed by atoms with Crippen molar-refractivity contribution >= 4 is 11.8 Å². The molecule has 1 aromatic carbocycles. The van der Waals surface area contributed by atoms with Gasteiger partial charge in [0.2, 0.25) is 5.91 Å². The summed E-state index contributed by atoms with van der Waals surface area (Å²) in [6, 6.07) is 10.1. The standard InChI is InChI=1S/C20H24N4O3/c21-18(25)15-12-22-24(13-15)17-6-9-23(14-17)19(26)20(7-10-27-11-8-20)16-4-2-1-3-5-16/h1-5,12-13,17H,6-11,14H2,(H2,21,25). The number of hydrogen-bond acceptors (Lipinski definition) is 4. The summed E-state index contributed by atoms with van der Waals surface area (Å²) in [6.07, 6.45) is 5.36. The van der Waals surface area contributed by atoms with Gasteiger partial charge in [0.1, 0.15) is 0 Å². The van der Waals surface area contributed by atoms with Crippen LogP contribution in [0, 0.1) is 0 Å². The highest BCUT2D eigenvalue weighted by Crippen LogP contribution is 2.38. The van der Waals surface area contributed by atoms with Crippen molar-refractivity contribution in [2.75, 3.05) is 26.3 Å². The smallest absolute Gasteiger partial charge is 0.251 e. The van der Waals surface area contributed by atoms with Crippen molar-refractivity contribution in [3.8, 4) is 0 Å². The number of nitrogens with zero attached hydrogens (tertiary/aromatic N) is 3. The van der Waals surface area contributed by atoms with Crippen molar-refractivity contribution in [1.82, 2.24) is 14.7 Å². The number of hydrogen-bond donors (Lipinski definition) is 1. The van der Waals surface area contributed by atoms with Gasteiger partial charge in [-0.3, -0.25) is 14.3 Å². The number of likely N-dealkylation sites (tertiary alicyclic amines) is 1. The van der Waals surface area contributed by atoms with Crippen LogP contribution < -0.4 is 5.73 Å². The third-order valence-electron chi connectivity index (χ3n) is 5.79. The Kier molecular flexibility index (Phi) is 4.70. The van der Waals surface area contributed by atoms with E-state index in [1.165, 1.54) is 6.20 Å². The molecule has 2 N–H and O–H groups in total. The molecular weight excluding hydrogens is 344 g/mol. The van der Waals surface area contributed by atoms with Crippen LogP contribution in [0.15, 0.2) is 42.7 Å². The Bertz CT molecular complexity index is 827. The van der Waals surface area contributed by atoms with Crippen LogP contribution in [0.2, 0.25) is 0 Å². The summed E-state index contributed by atoms with van der Waals surface area (Å²) in [4.78, 5) is 26.8. The average Bonchev–Trinajstić information content (AvgIpc) is 3.38. The van der Waals surface area contributed by atoms with Crippen LogP contribution in [0.1, 0.15) is 41.2 Å². The number of carbonyl (C=O) groups is 2. The van der Waals surface area contributed by atoms with Crippen molar-refractivity contribution in [3.05, 3.63) is 53.9 Å². The van der Waals surface area contributed by atoms with E-state index >= 15 is 0 Å². The topological polar surface area (TPSA) is 90.5 Å². The van der Waals surface area contributed by atoms with Crippen LogP contribution >= 0.6 is 0 Å². The number of rotatable bonds is 4. The van der Waals surface area contributed by atoms with E-state index in [-0.39, 0.29) is 11.9 Å².